The number of halogens is 4. The molecule has 38 heavy (non-hydrogen) atoms. The molecule has 0 aliphatic heterocycles. The molecule has 2 aromatic rings. The van der Waals surface area contributed by atoms with Crippen molar-refractivity contribution >= 4 is 33.0 Å². The number of nitrogens with one attached hydrogen (secondary N) is 1. The molecule has 4 N–H and O–H groups in total. The van der Waals surface area contributed by atoms with Crippen molar-refractivity contribution in [3.05, 3.63) is 58.4 Å². The average molecular weight is 578 g/mol. The van der Waals surface area contributed by atoms with Crippen LogP contribution in [-0.4, -0.2) is 52.2 Å². The fraction of sp³-hybridized carbons (Fsp3) is 0.500. The van der Waals surface area contributed by atoms with E-state index in [2.05, 4.69) is 5.32 Å². The molecule has 0 bridgehead atoms. The predicted molar refractivity (Wildman–Crippen MR) is 136 cm³/mol. The van der Waals surface area contributed by atoms with E-state index in [-0.39, 0.29) is 34.0 Å². The molecule has 0 aromatic heterocycles. The number of amides is 1. The van der Waals surface area contributed by atoms with Gasteiger partial charge in [-0.2, -0.15) is 0 Å². The number of carbonyl (C=O) groups excluding carboxylic acids is 1. The molecule has 2 unspecified atom stereocenters. The van der Waals surface area contributed by atoms with E-state index in [1.54, 1.807) is 13.8 Å². The first-order valence-corrected chi connectivity index (χ1v) is 14.0. The molecule has 1 aliphatic rings. The SMILES string of the molecule is CCC1C[C@@H](S(=O)(=O)c2cc(C(=O)Nc3cc(F)c(F)c(F)c3)ccc2Cl)C[C@H](C)[C@]1(O)C(O)C(C)(C)O. The van der Waals surface area contributed by atoms with Crippen molar-refractivity contribution in [3.63, 3.8) is 0 Å². The predicted octanol–water partition coefficient (Wildman–Crippen LogP) is 4.47. The molecule has 0 spiro atoms. The first kappa shape index (κ1) is 30.4. The van der Waals surface area contributed by atoms with Crippen molar-refractivity contribution in [1.29, 1.82) is 0 Å². The van der Waals surface area contributed by atoms with Crippen LogP contribution in [0.5, 0.6) is 0 Å². The number of hydrogen-bond donors (Lipinski definition) is 4. The number of aliphatic hydroxyl groups excluding tert-OH is 1. The van der Waals surface area contributed by atoms with E-state index in [9.17, 15) is 41.7 Å². The Morgan fingerprint density at radius 3 is 2.29 bits per heavy atom. The fourth-order valence-electron chi connectivity index (χ4n) is 5.27. The second-order valence-corrected chi connectivity index (χ2v) is 13.0. The Morgan fingerprint density at radius 2 is 1.76 bits per heavy atom. The van der Waals surface area contributed by atoms with Crippen LogP contribution in [0.3, 0.4) is 0 Å². The second kappa shape index (κ2) is 10.8. The van der Waals surface area contributed by atoms with Crippen LogP contribution in [0.1, 0.15) is 57.3 Å². The molecule has 0 saturated heterocycles. The summed E-state index contributed by atoms with van der Waals surface area (Å²) in [5.74, 6) is -7.03. The van der Waals surface area contributed by atoms with Crippen molar-refractivity contribution in [2.24, 2.45) is 11.8 Å². The van der Waals surface area contributed by atoms with Gasteiger partial charge < -0.3 is 20.6 Å². The summed E-state index contributed by atoms with van der Waals surface area (Å²) in [5, 5.41) is 33.6. The van der Waals surface area contributed by atoms with Gasteiger partial charge in [-0.15, -0.1) is 0 Å². The number of hydrogen-bond acceptors (Lipinski definition) is 6. The third-order valence-electron chi connectivity index (χ3n) is 7.39. The van der Waals surface area contributed by atoms with Crippen LogP contribution in [0.15, 0.2) is 35.2 Å². The fourth-order valence-corrected chi connectivity index (χ4v) is 7.72. The molecular formula is C26H31ClF3NO6S. The summed E-state index contributed by atoms with van der Waals surface area (Å²) in [6.07, 6.45) is -1.30. The van der Waals surface area contributed by atoms with Gasteiger partial charge in [-0.3, -0.25) is 4.79 Å². The average Bonchev–Trinajstić information content (AvgIpc) is 2.82. The van der Waals surface area contributed by atoms with Crippen molar-refractivity contribution in [3.8, 4) is 0 Å². The van der Waals surface area contributed by atoms with E-state index in [4.69, 9.17) is 11.6 Å². The van der Waals surface area contributed by atoms with Crippen molar-refractivity contribution in [1.82, 2.24) is 0 Å². The Balaban J connectivity index is 1.93. The maximum absolute atomic E-state index is 13.7. The van der Waals surface area contributed by atoms with Gasteiger partial charge in [0, 0.05) is 23.4 Å². The van der Waals surface area contributed by atoms with Gasteiger partial charge in [-0.1, -0.05) is 31.9 Å². The lowest BCUT2D eigenvalue weighted by Gasteiger charge is -2.52. The molecule has 2 aromatic carbocycles. The van der Waals surface area contributed by atoms with Crippen LogP contribution in [-0.2, 0) is 9.84 Å². The zero-order valence-electron chi connectivity index (χ0n) is 21.3. The Bertz CT molecular complexity index is 1310. The molecule has 7 nitrogen and oxygen atoms in total. The minimum absolute atomic E-state index is 0.0340. The highest BCUT2D eigenvalue weighted by molar-refractivity contribution is 7.92. The number of aliphatic hydroxyl groups is 3. The zero-order valence-corrected chi connectivity index (χ0v) is 22.9. The maximum atomic E-state index is 13.7. The Kier molecular flexibility index (Phi) is 8.60. The van der Waals surface area contributed by atoms with Gasteiger partial charge in [0.05, 0.1) is 26.4 Å². The smallest absolute Gasteiger partial charge is 0.255 e. The Labute approximate surface area is 224 Å². The van der Waals surface area contributed by atoms with E-state index in [1.807, 2.05) is 0 Å². The zero-order chi connectivity index (χ0) is 28.8. The molecule has 1 saturated carbocycles. The minimum Gasteiger partial charge on any atom is -0.388 e. The summed E-state index contributed by atoms with van der Waals surface area (Å²) in [6.45, 7) is 6.07. The van der Waals surface area contributed by atoms with Gasteiger partial charge in [0.2, 0.25) is 0 Å². The van der Waals surface area contributed by atoms with E-state index < -0.39 is 67.6 Å². The summed E-state index contributed by atoms with van der Waals surface area (Å²) < 4.78 is 67.7. The number of benzene rings is 2. The Morgan fingerprint density at radius 1 is 1.18 bits per heavy atom. The lowest BCUT2D eigenvalue weighted by Crippen LogP contribution is -2.64. The largest absolute Gasteiger partial charge is 0.388 e. The summed E-state index contributed by atoms with van der Waals surface area (Å²) in [4.78, 5) is 12.4. The highest BCUT2D eigenvalue weighted by Gasteiger charge is 2.56. The normalized spacial score (nSPS) is 25.2. The van der Waals surface area contributed by atoms with Gasteiger partial charge in [-0.25, -0.2) is 21.6 Å². The third kappa shape index (κ3) is 5.58. The van der Waals surface area contributed by atoms with Crippen LogP contribution in [0.4, 0.5) is 18.9 Å². The van der Waals surface area contributed by atoms with Crippen LogP contribution < -0.4 is 5.32 Å². The van der Waals surface area contributed by atoms with Gasteiger partial charge in [-0.05, 0) is 56.7 Å². The van der Waals surface area contributed by atoms with E-state index in [0.717, 1.165) is 6.07 Å². The molecule has 5 atom stereocenters. The van der Waals surface area contributed by atoms with Crippen molar-refractivity contribution < 1.29 is 41.7 Å². The second-order valence-electron chi connectivity index (χ2n) is 10.4. The molecular weight excluding hydrogens is 547 g/mol. The first-order chi connectivity index (χ1) is 17.4. The number of sulfone groups is 1. The highest BCUT2D eigenvalue weighted by Crippen LogP contribution is 2.47. The van der Waals surface area contributed by atoms with Crippen LogP contribution in [0.2, 0.25) is 5.02 Å². The van der Waals surface area contributed by atoms with Crippen LogP contribution >= 0.6 is 11.6 Å². The van der Waals surface area contributed by atoms with Crippen LogP contribution in [0, 0.1) is 29.3 Å². The minimum atomic E-state index is -4.16. The molecule has 1 aliphatic carbocycles. The molecule has 3 rings (SSSR count). The maximum Gasteiger partial charge on any atom is 0.255 e. The van der Waals surface area contributed by atoms with Gasteiger partial charge in [0.15, 0.2) is 27.3 Å². The molecule has 210 valence electrons. The topological polar surface area (TPSA) is 124 Å². The standard InChI is InChI=1S/C26H31ClF3NO6S/c1-5-15-10-17(8-13(2)26(15,35)24(33)25(3,4)34)38(36,37)21-9-14(6-7-18(21)27)23(32)31-16-11-19(28)22(30)20(29)12-16/h6-7,9,11-13,15,17,24,33-35H,5,8,10H2,1-4H3,(H,31,32)/t13-,15?,17-,24?,26+/m0/s1. The van der Waals surface area contributed by atoms with Crippen molar-refractivity contribution in [2.75, 3.05) is 5.32 Å². The summed E-state index contributed by atoms with van der Waals surface area (Å²) >= 11 is 6.22. The molecule has 12 heteroatoms. The lowest BCUT2D eigenvalue weighted by molar-refractivity contribution is -0.215. The summed E-state index contributed by atoms with van der Waals surface area (Å²) in [7, 11) is -4.16. The van der Waals surface area contributed by atoms with E-state index in [1.165, 1.54) is 26.0 Å². The lowest BCUT2D eigenvalue weighted by atomic mass is 9.62. The monoisotopic (exact) mass is 577 g/mol. The number of carbonyl (C=O) groups is 1. The molecule has 1 amide bonds. The summed E-state index contributed by atoms with van der Waals surface area (Å²) in [6, 6.07) is 4.64. The van der Waals surface area contributed by atoms with Crippen molar-refractivity contribution in [2.45, 2.75) is 74.4 Å². The van der Waals surface area contributed by atoms with Gasteiger partial charge in [0.1, 0.15) is 6.10 Å². The van der Waals surface area contributed by atoms with Gasteiger partial charge in [0.25, 0.3) is 5.91 Å². The Hall–Kier alpha value is -2.18. The van der Waals surface area contributed by atoms with E-state index in [0.29, 0.717) is 18.6 Å². The van der Waals surface area contributed by atoms with Gasteiger partial charge >= 0.3 is 0 Å². The summed E-state index contributed by atoms with van der Waals surface area (Å²) in [5.41, 5.74) is -3.93. The first-order valence-electron chi connectivity index (χ1n) is 12.1. The quantitative estimate of drug-likeness (QED) is 0.360. The number of anilines is 1. The molecule has 1 fully saturated rings. The number of rotatable bonds is 7. The molecule has 0 radical (unpaired) electrons. The molecule has 0 heterocycles. The van der Waals surface area contributed by atoms with E-state index >= 15 is 0 Å². The third-order valence-corrected chi connectivity index (χ3v) is 10.0. The highest BCUT2D eigenvalue weighted by atomic mass is 35.5. The van der Waals surface area contributed by atoms with Crippen LogP contribution in [0.25, 0.3) is 0 Å².